The second kappa shape index (κ2) is 8.70. The molecule has 3 nitrogen and oxygen atoms in total. The van der Waals surface area contributed by atoms with E-state index in [1.807, 2.05) is 0 Å². The molecule has 0 saturated carbocycles. The van der Waals surface area contributed by atoms with Crippen molar-refractivity contribution in [2.75, 3.05) is 19.6 Å². The second-order valence-electron chi connectivity index (χ2n) is 5.10. The molecule has 0 saturated heterocycles. The van der Waals surface area contributed by atoms with E-state index in [4.69, 9.17) is 0 Å². The molecule has 106 valence electrons. The van der Waals surface area contributed by atoms with Gasteiger partial charge in [-0.3, -0.25) is 4.79 Å². The zero-order chi connectivity index (χ0) is 14.1. The van der Waals surface area contributed by atoms with Crippen molar-refractivity contribution in [2.45, 2.75) is 39.5 Å². The van der Waals surface area contributed by atoms with Crippen LogP contribution in [0.2, 0.25) is 0 Å². The van der Waals surface area contributed by atoms with Gasteiger partial charge < -0.3 is 10.6 Å². The predicted molar refractivity (Wildman–Crippen MR) is 80.4 cm³/mol. The highest BCUT2D eigenvalue weighted by Crippen LogP contribution is 2.15. The molecular formula is C16H26N2O. The van der Waals surface area contributed by atoms with Crippen LogP contribution in [0, 0.1) is 0 Å². The Kier molecular flexibility index (Phi) is 7.19. The van der Waals surface area contributed by atoms with Gasteiger partial charge in [-0.2, -0.15) is 0 Å². The van der Waals surface area contributed by atoms with Crippen molar-refractivity contribution >= 4 is 5.91 Å². The predicted octanol–water partition coefficient (Wildman–Crippen LogP) is 2.47. The number of carbonyl (C=O) groups is 1. The Bertz CT molecular complexity index is 371. The molecule has 0 spiro atoms. The number of hydrogen-bond acceptors (Lipinski definition) is 2. The standard InChI is InChI=1S/C16H26N2O/c1-4-17-11-12-18-16(19)10-7-14-5-8-15(9-6-14)13(2)3/h5-6,8-9,13,17H,4,7,10-12H2,1-3H3,(H,18,19). The number of amides is 1. The van der Waals surface area contributed by atoms with Crippen LogP contribution in [0.1, 0.15) is 44.2 Å². The van der Waals surface area contributed by atoms with Gasteiger partial charge in [-0.25, -0.2) is 0 Å². The molecule has 0 aliphatic carbocycles. The maximum atomic E-state index is 11.6. The minimum absolute atomic E-state index is 0.130. The first-order chi connectivity index (χ1) is 9.13. The molecular weight excluding hydrogens is 236 g/mol. The normalized spacial score (nSPS) is 10.7. The zero-order valence-electron chi connectivity index (χ0n) is 12.3. The monoisotopic (exact) mass is 262 g/mol. The van der Waals surface area contributed by atoms with Gasteiger partial charge in [0.15, 0.2) is 0 Å². The van der Waals surface area contributed by atoms with Gasteiger partial charge in [0.1, 0.15) is 0 Å². The van der Waals surface area contributed by atoms with Crippen LogP contribution in [0.4, 0.5) is 0 Å². The van der Waals surface area contributed by atoms with Crippen molar-refractivity contribution in [3.8, 4) is 0 Å². The highest BCUT2D eigenvalue weighted by Gasteiger charge is 2.03. The molecule has 3 heteroatoms. The number of aryl methyl sites for hydroxylation is 1. The molecule has 19 heavy (non-hydrogen) atoms. The average Bonchev–Trinajstić information content (AvgIpc) is 2.42. The Hall–Kier alpha value is -1.35. The summed E-state index contributed by atoms with van der Waals surface area (Å²) in [5.74, 6) is 0.689. The third-order valence-electron chi connectivity index (χ3n) is 3.16. The van der Waals surface area contributed by atoms with Crippen molar-refractivity contribution in [3.05, 3.63) is 35.4 Å². The van der Waals surface area contributed by atoms with Crippen molar-refractivity contribution in [2.24, 2.45) is 0 Å². The van der Waals surface area contributed by atoms with Crippen LogP contribution in [0.5, 0.6) is 0 Å². The molecule has 0 aliphatic heterocycles. The molecule has 0 aromatic heterocycles. The van der Waals surface area contributed by atoms with Crippen molar-refractivity contribution in [1.82, 2.24) is 10.6 Å². The van der Waals surface area contributed by atoms with E-state index in [0.717, 1.165) is 19.5 Å². The largest absolute Gasteiger partial charge is 0.355 e. The van der Waals surface area contributed by atoms with E-state index >= 15 is 0 Å². The number of hydrogen-bond donors (Lipinski definition) is 2. The van der Waals surface area contributed by atoms with E-state index in [-0.39, 0.29) is 5.91 Å². The second-order valence-corrected chi connectivity index (χ2v) is 5.10. The summed E-state index contributed by atoms with van der Waals surface area (Å²) in [5.41, 5.74) is 2.57. The number of rotatable bonds is 8. The fraction of sp³-hybridized carbons (Fsp3) is 0.562. The van der Waals surface area contributed by atoms with E-state index < -0.39 is 0 Å². The summed E-state index contributed by atoms with van der Waals surface area (Å²) in [7, 11) is 0. The van der Waals surface area contributed by atoms with E-state index in [1.54, 1.807) is 0 Å². The quantitative estimate of drug-likeness (QED) is 0.707. The van der Waals surface area contributed by atoms with E-state index in [9.17, 15) is 4.79 Å². The molecule has 0 radical (unpaired) electrons. The van der Waals surface area contributed by atoms with Crippen LogP contribution in [0.3, 0.4) is 0 Å². The van der Waals surface area contributed by atoms with E-state index in [0.29, 0.717) is 18.9 Å². The highest BCUT2D eigenvalue weighted by atomic mass is 16.1. The maximum Gasteiger partial charge on any atom is 0.220 e. The van der Waals surface area contributed by atoms with Gasteiger partial charge >= 0.3 is 0 Å². The Morgan fingerprint density at radius 2 is 1.84 bits per heavy atom. The minimum atomic E-state index is 0.130. The first-order valence-electron chi connectivity index (χ1n) is 7.19. The number of likely N-dealkylation sites (N-methyl/N-ethyl adjacent to an activating group) is 1. The van der Waals surface area contributed by atoms with Crippen LogP contribution in [-0.4, -0.2) is 25.5 Å². The van der Waals surface area contributed by atoms with Crippen LogP contribution in [-0.2, 0) is 11.2 Å². The molecule has 1 amide bonds. The fourth-order valence-electron chi connectivity index (χ4n) is 1.88. The van der Waals surface area contributed by atoms with Gasteiger partial charge in [0.25, 0.3) is 0 Å². The molecule has 1 rings (SSSR count). The minimum Gasteiger partial charge on any atom is -0.355 e. The first-order valence-corrected chi connectivity index (χ1v) is 7.19. The maximum absolute atomic E-state index is 11.6. The van der Waals surface area contributed by atoms with Crippen LogP contribution in [0.15, 0.2) is 24.3 Å². The van der Waals surface area contributed by atoms with Crippen molar-refractivity contribution < 1.29 is 4.79 Å². The molecule has 0 bridgehead atoms. The van der Waals surface area contributed by atoms with Gasteiger partial charge in [0.2, 0.25) is 5.91 Å². The lowest BCUT2D eigenvalue weighted by Gasteiger charge is -2.08. The zero-order valence-corrected chi connectivity index (χ0v) is 12.3. The van der Waals surface area contributed by atoms with Crippen LogP contribution < -0.4 is 10.6 Å². The Morgan fingerprint density at radius 1 is 1.16 bits per heavy atom. The third-order valence-corrected chi connectivity index (χ3v) is 3.16. The summed E-state index contributed by atoms with van der Waals surface area (Å²) in [6, 6.07) is 8.56. The summed E-state index contributed by atoms with van der Waals surface area (Å²) in [5, 5.41) is 6.10. The van der Waals surface area contributed by atoms with E-state index in [2.05, 4.69) is 55.7 Å². The summed E-state index contributed by atoms with van der Waals surface area (Å²) in [6.45, 7) is 8.92. The summed E-state index contributed by atoms with van der Waals surface area (Å²) in [4.78, 5) is 11.6. The molecule has 1 aromatic rings. The van der Waals surface area contributed by atoms with Crippen LogP contribution >= 0.6 is 0 Å². The smallest absolute Gasteiger partial charge is 0.220 e. The molecule has 0 unspecified atom stereocenters. The average molecular weight is 262 g/mol. The molecule has 0 fully saturated rings. The number of nitrogens with one attached hydrogen (secondary N) is 2. The Balaban J connectivity index is 2.26. The molecule has 2 N–H and O–H groups in total. The van der Waals surface area contributed by atoms with Gasteiger partial charge in [0.05, 0.1) is 0 Å². The van der Waals surface area contributed by atoms with Gasteiger partial charge in [-0.05, 0) is 30.0 Å². The Morgan fingerprint density at radius 3 is 2.42 bits per heavy atom. The van der Waals surface area contributed by atoms with Gasteiger partial charge in [-0.15, -0.1) is 0 Å². The number of benzene rings is 1. The lowest BCUT2D eigenvalue weighted by Crippen LogP contribution is -2.31. The van der Waals surface area contributed by atoms with Gasteiger partial charge in [-0.1, -0.05) is 45.0 Å². The van der Waals surface area contributed by atoms with Gasteiger partial charge in [0, 0.05) is 19.5 Å². The van der Waals surface area contributed by atoms with E-state index in [1.165, 1.54) is 11.1 Å². The number of carbonyl (C=O) groups excluding carboxylic acids is 1. The molecule has 0 atom stereocenters. The first kappa shape index (κ1) is 15.7. The summed E-state index contributed by atoms with van der Waals surface area (Å²) in [6.07, 6.45) is 1.37. The topological polar surface area (TPSA) is 41.1 Å². The molecule has 1 aromatic carbocycles. The third kappa shape index (κ3) is 6.39. The lowest BCUT2D eigenvalue weighted by molar-refractivity contribution is -0.121. The van der Waals surface area contributed by atoms with Crippen molar-refractivity contribution in [1.29, 1.82) is 0 Å². The summed E-state index contributed by atoms with van der Waals surface area (Å²) < 4.78 is 0. The van der Waals surface area contributed by atoms with Crippen molar-refractivity contribution in [3.63, 3.8) is 0 Å². The lowest BCUT2D eigenvalue weighted by atomic mass is 10.0. The highest BCUT2D eigenvalue weighted by molar-refractivity contribution is 5.76. The molecule has 0 heterocycles. The van der Waals surface area contributed by atoms with Crippen LogP contribution in [0.25, 0.3) is 0 Å². The molecule has 0 aliphatic rings. The summed E-state index contributed by atoms with van der Waals surface area (Å²) >= 11 is 0. The fourth-order valence-corrected chi connectivity index (χ4v) is 1.88. The SMILES string of the molecule is CCNCCNC(=O)CCc1ccc(C(C)C)cc1. The Labute approximate surface area is 116 Å².